The van der Waals surface area contributed by atoms with E-state index in [0.717, 1.165) is 47.6 Å². The van der Waals surface area contributed by atoms with Crippen LogP contribution in [0.2, 0.25) is 0 Å². The van der Waals surface area contributed by atoms with Crippen molar-refractivity contribution < 1.29 is 14.4 Å². The summed E-state index contributed by atoms with van der Waals surface area (Å²) in [4.78, 5) is 38.0. The molecule has 4 saturated carbocycles. The number of nitrogens with zero attached hydrogens (tertiary/aromatic N) is 1. The highest BCUT2D eigenvalue weighted by atomic mass is 16.2. The second-order valence-corrected chi connectivity index (χ2v) is 10.5. The minimum Gasteiger partial charge on any atom is -0.322 e. The van der Waals surface area contributed by atoms with Crippen LogP contribution in [-0.4, -0.2) is 40.5 Å². The number of urea groups is 1. The average molecular weight is 425 g/mol. The van der Waals surface area contributed by atoms with Gasteiger partial charge in [0.25, 0.3) is 11.8 Å². The quantitative estimate of drug-likeness (QED) is 0.587. The Labute approximate surface area is 183 Å². The van der Waals surface area contributed by atoms with E-state index in [4.69, 9.17) is 0 Å². The number of nitrogens with one attached hydrogen (secondary N) is 3. The van der Waals surface area contributed by atoms with Crippen molar-refractivity contribution in [1.29, 1.82) is 0 Å². The first kappa shape index (κ1) is 20.5. The van der Waals surface area contributed by atoms with Gasteiger partial charge in [0.05, 0.1) is 6.54 Å². The van der Waals surface area contributed by atoms with Crippen LogP contribution in [0.3, 0.4) is 0 Å². The second-order valence-electron chi connectivity index (χ2n) is 10.5. The van der Waals surface area contributed by atoms with Crippen molar-refractivity contribution in [1.82, 2.24) is 21.1 Å². The molecule has 6 rings (SSSR count). The van der Waals surface area contributed by atoms with Gasteiger partial charge in [0.2, 0.25) is 0 Å². The van der Waals surface area contributed by atoms with Crippen LogP contribution >= 0.6 is 0 Å². The number of aryl methyl sites for hydroxylation is 1. The second kappa shape index (κ2) is 7.62. The third kappa shape index (κ3) is 3.95. The average Bonchev–Trinajstić information content (AvgIpc) is 2.94. The van der Waals surface area contributed by atoms with E-state index in [9.17, 15) is 14.4 Å². The minimum absolute atomic E-state index is 0.0631. The lowest BCUT2D eigenvalue weighted by molar-refractivity contribution is -0.138. The zero-order valence-electron chi connectivity index (χ0n) is 18.2. The number of rotatable bonds is 7. The van der Waals surface area contributed by atoms with E-state index < -0.39 is 17.5 Å². The van der Waals surface area contributed by atoms with Gasteiger partial charge in [-0.05, 0) is 81.6 Å². The summed E-state index contributed by atoms with van der Waals surface area (Å²) < 4.78 is 0. The molecule has 31 heavy (non-hydrogen) atoms. The van der Waals surface area contributed by atoms with Crippen molar-refractivity contribution in [3.05, 3.63) is 35.9 Å². The highest BCUT2D eigenvalue weighted by Gasteiger charge is 2.51. The summed E-state index contributed by atoms with van der Waals surface area (Å²) in [6.07, 6.45) is 8.61. The Hall–Kier alpha value is -2.41. The molecule has 4 bridgehead atoms. The van der Waals surface area contributed by atoms with E-state index in [2.05, 4.69) is 16.1 Å². The Bertz CT molecular complexity index is 851. The summed E-state index contributed by atoms with van der Waals surface area (Å²) in [6, 6.07) is 9.29. The lowest BCUT2D eigenvalue weighted by Gasteiger charge is -2.57. The van der Waals surface area contributed by atoms with Gasteiger partial charge in [-0.15, -0.1) is 0 Å². The molecule has 5 aliphatic rings. The zero-order valence-corrected chi connectivity index (χ0v) is 18.2. The maximum Gasteiger partial charge on any atom is 0.344 e. The Morgan fingerprint density at radius 1 is 1.06 bits per heavy atom. The van der Waals surface area contributed by atoms with Crippen molar-refractivity contribution in [2.75, 3.05) is 6.54 Å². The predicted octanol–water partition coefficient (Wildman–Crippen LogP) is 2.52. The van der Waals surface area contributed by atoms with Crippen molar-refractivity contribution in [2.45, 2.75) is 69.4 Å². The number of hydrogen-bond donors (Lipinski definition) is 3. The van der Waals surface area contributed by atoms with Crippen molar-refractivity contribution in [2.24, 2.45) is 17.8 Å². The molecule has 1 heterocycles. The van der Waals surface area contributed by atoms with Gasteiger partial charge in [-0.25, -0.2) is 4.79 Å². The fourth-order valence-electron chi connectivity index (χ4n) is 6.75. The molecule has 7 nitrogen and oxygen atoms in total. The van der Waals surface area contributed by atoms with Crippen LogP contribution in [0.15, 0.2) is 30.3 Å². The van der Waals surface area contributed by atoms with E-state index in [0.29, 0.717) is 12.8 Å². The fraction of sp³-hybridized carbons (Fsp3) is 0.625. The van der Waals surface area contributed by atoms with Crippen molar-refractivity contribution in [3.63, 3.8) is 0 Å². The summed E-state index contributed by atoms with van der Waals surface area (Å²) in [6.45, 7) is 1.85. The third-order valence-corrected chi connectivity index (χ3v) is 7.92. The summed E-state index contributed by atoms with van der Waals surface area (Å²) >= 11 is 0. The topological polar surface area (TPSA) is 90.5 Å². The van der Waals surface area contributed by atoms with Crippen LogP contribution < -0.4 is 16.1 Å². The first-order chi connectivity index (χ1) is 14.8. The van der Waals surface area contributed by atoms with E-state index >= 15 is 0 Å². The molecule has 0 unspecified atom stereocenters. The largest absolute Gasteiger partial charge is 0.344 e. The maximum absolute atomic E-state index is 12.9. The molecule has 4 amide bonds. The first-order valence-corrected chi connectivity index (χ1v) is 11.6. The minimum atomic E-state index is -1.02. The molecular formula is C24H32N4O3. The summed E-state index contributed by atoms with van der Waals surface area (Å²) in [5.41, 5.74) is 2.68. The van der Waals surface area contributed by atoms with Gasteiger partial charge in [0.15, 0.2) is 0 Å². The number of carbonyl (C=O) groups excluding carboxylic acids is 3. The van der Waals surface area contributed by atoms with Crippen molar-refractivity contribution >= 4 is 17.8 Å². The summed E-state index contributed by atoms with van der Waals surface area (Å²) in [5.74, 6) is 1.62. The Kier molecular flexibility index (Phi) is 5.04. The predicted molar refractivity (Wildman–Crippen MR) is 116 cm³/mol. The Morgan fingerprint density at radius 2 is 1.68 bits per heavy atom. The molecule has 1 aromatic rings. The van der Waals surface area contributed by atoms with Gasteiger partial charge in [-0.3, -0.25) is 15.0 Å². The number of hydrogen-bond acceptors (Lipinski definition) is 4. The van der Waals surface area contributed by atoms with Gasteiger partial charge >= 0.3 is 6.03 Å². The van der Waals surface area contributed by atoms with Crippen molar-refractivity contribution in [3.8, 4) is 0 Å². The zero-order chi connectivity index (χ0) is 21.6. The molecule has 5 fully saturated rings. The number of carbonyl (C=O) groups is 3. The summed E-state index contributed by atoms with van der Waals surface area (Å²) in [5, 5.41) is 7.13. The fourth-order valence-corrected chi connectivity index (χ4v) is 6.75. The smallest absolute Gasteiger partial charge is 0.322 e. The van der Waals surface area contributed by atoms with E-state index in [1.54, 1.807) is 6.92 Å². The Morgan fingerprint density at radius 3 is 2.29 bits per heavy atom. The molecule has 1 saturated heterocycles. The number of hydrazine groups is 1. The van der Waals surface area contributed by atoms with Crippen LogP contribution in [0.5, 0.6) is 0 Å². The van der Waals surface area contributed by atoms with E-state index in [-0.39, 0.29) is 18.0 Å². The monoisotopic (exact) mass is 424 g/mol. The molecule has 166 valence electrons. The number of imide groups is 1. The molecular weight excluding hydrogens is 392 g/mol. The molecule has 0 spiro atoms. The van der Waals surface area contributed by atoms with Crippen LogP contribution in [-0.2, 0) is 16.0 Å². The molecule has 1 aliphatic heterocycles. The molecule has 7 heteroatoms. The molecule has 0 aromatic heterocycles. The SMILES string of the molecule is C[C@]1(CCc2ccccc2)NC(=O)N(NC(=O)CNC23CC4CC(CC(C4)C2)C3)C1=O. The highest BCUT2D eigenvalue weighted by molar-refractivity contribution is 6.07. The third-order valence-electron chi connectivity index (χ3n) is 7.92. The molecule has 0 radical (unpaired) electrons. The number of benzene rings is 1. The molecule has 4 aliphatic carbocycles. The molecule has 3 N–H and O–H groups in total. The highest BCUT2D eigenvalue weighted by Crippen LogP contribution is 2.55. The van der Waals surface area contributed by atoms with Gasteiger partial charge in [-0.2, -0.15) is 5.01 Å². The Balaban J connectivity index is 1.16. The van der Waals surface area contributed by atoms with Gasteiger partial charge in [-0.1, -0.05) is 30.3 Å². The normalized spacial score (nSPS) is 36.0. The first-order valence-electron chi connectivity index (χ1n) is 11.6. The maximum atomic E-state index is 12.9. The van der Waals surface area contributed by atoms with Crippen LogP contribution in [0, 0.1) is 17.8 Å². The molecule has 1 aromatic carbocycles. The van der Waals surface area contributed by atoms with E-state index in [1.165, 1.54) is 19.3 Å². The number of amides is 4. The van der Waals surface area contributed by atoms with Gasteiger partial charge < -0.3 is 10.6 Å². The standard InChI is InChI=1S/C24H32N4O3/c1-23(8-7-16-5-3-2-4-6-16)21(30)28(22(31)26-23)27-20(29)15-25-24-12-17-9-18(13-24)11-19(10-17)14-24/h2-6,17-19,25H,7-15H2,1H3,(H,26,31)(H,27,29)/t17?,18?,19?,23-,24?/m1/s1. The van der Waals surface area contributed by atoms with E-state index in [1.807, 2.05) is 30.3 Å². The van der Waals surface area contributed by atoms with Gasteiger partial charge in [0, 0.05) is 5.54 Å². The lowest BCUT2D eigenvalue weighted by atomic mass is 9.53. The lowest BCUT2D eigenvalue weighted by Crippen LogP contribution is -2.60. The molecule has 1 atom stereocenters. The van der Waals surface area contributed by atoms with Crippen LogP contribution in [0.4, 0.5) is 4.79 Å². The van der Waals surface area contributed by atoms with Gasteiger partial charge in [0.1, 0.15) is 5.54 Å². The van der Waals surface area contributed by atoms with Crippen LogP contribution in [0.1, 0.15) is 57.4 Å². The van der Waals surface area contributed by atoms with Crippen LogP contribution in [0.25, 0.3) is 0 Å². The summed E-state index contributed by atoms with van der Waals surface area (Å²) in [7, 11) is 0.